The average molecular weight is 311 g/mol. The third kappa shape index (κ3) is 4.01. The number of nitrogens with one attached hydrogen (secondary N) is 1. The largest absolute Gasteiger partial charge is 0.354 e. The van der Waals surface area contributed by atoms with E-state index in [0.717, 1.165) is 13.0 Å². The SMILES string of the molecule is Cc1cnc(C2CCC2)n1CCNC(=O)CCc1ccccc1. The number of aromatic nitrogens is 2. The van der Waals surface area contributed by atoms with E-state index >= 15 is 0 Å². The molecule has 1 heterocycles. The second-order valence-electron chi connectivity index (χ2n) is 6.37. The van der Waals surface area contributed by atoms with Gasteiger partial charge in [-0.3, -0.25) is 4.79 Å². The maximum absolute atomic E-state index is 12.0. The minimum Gasteiger partial charge on any atom is -0.354 e. The normalized spacial score (nSPS) is 14.5. The number of amides is 1. The van der Waals surface area contributed by atoms with Crippen molar-refractivity contribution in [2.45, 2.75) is 51.5 Å². The molecule has 0 spiro atoms. The van der Waals surface area contributed by atoms with Gasteiger partial charge >= 0.3 is 0 Å². The molecule has 1 aromatic heterocycles. The highest BCUT2D eigenvalue weighted by atomic mass is 16.1. The van der Waals surface area contributed by atoms with E-state index in [-0.39, 0.29) is 5.91 Å². The van der Waals surface area contributed by atoms with Crippen LogP contribution in [0.2, 0.25) is 0 Å². The first-order valence-corrected chi connectivity index (χ1v) is 8.56. The first kappa shape index (κ1) is 15.8. The molecule has 0 unspecified atom stereocenters. The molecule has 0 saturated heterocycles. The van der Waals surface area contributed by atoms with Crippen molar-refractivity contribution in [1.29, 1.82) is 0 Å². The van der Waals surface area contributed by atoms with Crippen LogP contribution in [0.5, 0.6) is 0 Å². The Morgan fingerprint density at radius 1 is 1.30 bits per heavy atom. The summed E-state index contributed by atoms with van der Waals surface area (Å²) >= 11 is 0. The molecule has 4 heteroatoms. The van der Waals surface area contributed by atoms with E-state index in [1.807, 2.05) is 24.4 Å². The minimum atomic E-state index is 0.122. The molecule has 1 aromatic carbocycles. The number of nitrogens with zero attached hydrogens (tertiary/aromatic N) is 2. The van der Waals surface area contributed by atoms with Crippen LogP contribution in [0, 0.1) is 6.92 Å². The summed E-state index contributed by atoms with van der Waals surface area (Å²) in [6.07, 6.45) is 7.10. The molecule has 1 aliphatic carbocycles. The van der Waals surface area contributed by atoms with Crippen LogP contribution in [-0.4, -0.2) is 22.0 Å². The van der Waals surface area contributed by atoms with Crippen molar-refractivity contribution in [2.24, 2.45) is 0 Å². The van der Waals surface area contributed by atoms with E-state index < -0.39 is 0 Å². The zero-order valence-electron chi connectivity index (χ0n) is 13.8. The molecule has 2 aromatic rings. The Balaban J connectivity index is 1.44. The fraction of sp³-hybridized carbons (Fsp3) is 0.474. The van der Waals surface area contributed by atoms with Crippen LogP contribution in [-0.2, 0) is 17.8 Å². The number of carbonyl (C=O) groups excluding carboxylic acids is 1. The standard InChI is InChI=1S/C19H25N3O/c1-15-14-21-19(17-8-5-9-17)22(15)13-12-20-18(23)11-10-16-6-3-2-4-7-16/h2-4,6-7,14,17H,5,8-13H2,1H3,(H,20,23). The lowest BCUT2D eigenvalue weighted by Crippen LogP contribution is -2.28. The zero-order valence-corrected chi connectivity index (χ0v) is 13.8. The number of aryl methyl sites for hydroxylation is 2. The summed E-state index contributed by atoms with van der Waals surface area (Å²) in [5, 5.41) is 3.03. The lowest BCUT2D eigenvalue weighted by molar-refractivity contribution is -0.121. The summed E-state index contributed by atoms with van der Waals surface area (Å²) in [7, 11) is 0. The molecular formula is C19H25N3O. The van der Waals surface area contributed by atoms with Crippen molar-refractivity contribution in [3.63, 3.8) is 0 Å². The molecule has 3 rings (SSSR count). The highest BCUT2D eigenvalue weighted by Gasteiger charge is 2.24. The Kier molecular flexibility index (Phi) is 5.11. The highest BCUT2D eigenvalue weighted by Crippen LogP contribution is 2.35. The van der Waals surface area contributed by atoms with Crippen LogP contribution in [0.4, 0.5) is 0 Å². The first-order chi connectivity index (χ1) is 11.2. The van der Waals surface area contributed by atoms with Crippen molar-refractivity contribution in [3.05, 3.63) is 53.6 Å². The number of benzene rings is 1. The van der Waals surface area contributed by atoms with Crippen molar-refractivity contribution >= 4 is 5.91 Å². The summed E-state index contributed by atoms with van der Waals surface area (Å²) in [4.78, 5) is 16.5. The molecule has 0 radical (unpaired) electrons. The Morgan fingerprint density at radius 2 is 2.09 bits per heavy atom. The predicted octanol–water partition coefficient (Wildman–Crippen LogP) is 3.21. The van der Waals surface area contributed by atoms with Crippen LogP contribution >= 0.6 is 0 Å². The lowest BCUT2D eigenvalue weighted by Gasteiger charge is -2.26. The van der Waals surface area contributed by atoms with Gasteiger partial charge in [0.15, 0.2) is 0 Å². The van der Waals surface area contributed by atoms with Crippen molar-refractivity contribution < 1.29 is 4.79 Å². The molecule has 1 N–H and O–H groups in total. The second kappa shape index (κ2) is 7.44. The Labute approximate surface area is 137 Å². The summed E-state index contributed by atoms with van der Waals surface area (Å²) in [5.41, 5.74) is 2.39. The number of imidazole rings is 1. The quantitative estimate of drug-likeness (QED) is 0.853. The van der Waals surface area contributed by atoms with Gasteiger partial charge in [-0.05, 0) is 31.7 Å². The van der Waals surface area contributed by atoms with E-state index in [9.17, 15) is 4.79 Å². The first-order valence-electron chi connectivity index (χ1n) is 8.56. The molecule has 122 valence electrons. The van der Waals surface area contributed by atoms with Gasteiger partial charge in [0, 0.05) is 37.3 Å². The van der Waals surface area contributed by atoms with Gasteiger partial charge in [-0.25, -0.2) is 4.98 Å². The summed E-state index contributed by atoms with van der Waals surface area (Å²) < 4.78 is 2.27. The average Bonchev–Trinajstić information content (AvgIpc) is 2.86. The van der Waals surface area contributed by atoms with Gasteiger partial charge in [-0.2, -0.15) is 0 Å². The Morgan fingerprint density at radius 3 is 2.78 bits per heavy atom. The maximum atomic E-state index is 12.0. The second-order valence-corrected chi connectivity index (χ2v) is 6.37. The third-order valence-corrected chi connectivity index (χ3v) is 4.70. The van der Waals surface area contributed by atoms with E-state index in [4.69, 9.17) is 0 Å². The smallest absolute Gasteiger partial charge is 0.220 e. The van der Waals surface area contributed by atoms with E-state index in [1.165, 1.54) is 36.3 Å². The third-order valence-electron chi connectivity index (χ3n) is 4.70. The fourth-order valence-electron chi connectivity index (χ4n) is 3.06. The van der Waals surface area contributed by atoms with Gasteiger partial charge in [0.1, 0.15) is 5.82 Å². The fourth-order valence-corrected chi connectivity index (χ4v) is 3.06. The molecule has 1 saturated carbocycles. The van der Waals surface area contributed by atoms with Crippen LogP contribution < -0.4 is 5.32 Å². The molecule has 0 bridgehead atoms. The van der Waals surface area contributed by atoms with E-state index in [2.05, 4.69) is 33.9 Å². The van der Waals surface area contributed by atoms with Crippen LogP contribution in [0.3, 0.4) is 0 Å². The minimum absolute atomic E-state index is 0.122. The van der Waals surface area contributed by atoms with Crippen molar-refractivity contribution in [3.8, 4) is 0 Å². The van der Waals surface area contributed by atoms with E-state index in [0.29, 0.717) is 18.9 Å². The van der Waals surface area contributed by atoms with Gasteiger partial charge in [-0.15, -0.1) is 0 Å². The number of carbonyl (C=O) groups is 1. The molecule has 0 atom stereocenters. The van der Waals surface area contributed by atoms with Gasteiger partial charge in [0.25, 0.3) is 0 Å². The topological polar surface area (TPSA) is 46.9 Å². The number of hydrogen-bond acceptors (Lipinski definition) is 2. The van der Waals surface area contributed by atoms with Crippen molar-refractivity contribution in [1.82, 2.24) is 14.9 Å². The lowest BCUT2D eigenvalue weighted by atomic mass is 9.85. The summed E-state index contributed by atoms with van der Waals surface area (Å²) in [5.74, 6) is 1.95. The molecule has 1 fully saturated rings. The van der Waals surface area contributed by atoms with Gasteiger partial charge in [0.2, 0.25) is 5.91 Å². The van der Waals surface area contributed by atoms with Crippen molar-refractivity contribution in [2.75, 3.05) is 6.54 Å². The highest BCUT2D eigenvalue weighted by molar-refractivity contribution is 5.76. The van der Waals surface area contributed by atoms with Crippen LogP contribution in [0.25, 0.3) is 0 Å². The van der Waals surface area contributed by atoms with Crippen LogP contribution in [0.1, 0.15) is 48.7 Å². The predicted molar refractivity (Wildman–Crippen MR) is 91.3 cm³/mol. The Bertz CT molecular complexity index is 644. The van der Waals surface area contributed by atoms with Gasteiger partial charge < -0.3 is 9.88 Å². The number of rotatable bonds is 7. The molecule has 0 aliphatic heterocycles. The summed E-state index contributed by atoms with van der Waals surface area (Å²) in [6.45, 7) is 3.58. The molecule has 4 nitrogen and oxygen atoms in total. The summed E-state index contributed by atoms with van der Waals surface area (Å²) in [6, 6.07) is 10.1. The number of hydrogen-bond donors (Lipinski definition) is 1. The van der Waals surface area contributed by atoms with Crippen LogP contribution in [0.15, 0.2) is 36.5 Å². The zero-order chi connectivity index (χ0) is 16.1. The monoisotopic (exact) mass is 311 g/mol. The maximum Gasteiger partial charge on any atom is 0.220 e. The molecular weight excluding hydrogens is 286 g/mol. The van der Waals surface area contributed by atoms with Gasteiger partial charge in [-0.1, -0.05) is 36.8 Å². The molecule has 1 aliphatic rings. The molecule has 1 amide bonds. The van der Waals surface area contributed by atoms with E-state index in [1.54, 1.807) is 0 Å². The Hall–Kier alpha value is -2.10. The van der Waals surface area contributed by atoms with Gasteiger partial charge in [0.05, 0.1) is 0 Å². The molecule has 23 heavy (non-hydrogen) atoms.